The molecule has 0 N–H and O–H groups in total. The Morgan fingerprint density at radius 2 is 0.788 bits per heavy atom. The van der Waals surface area contributed by atoms with Crippen molar-refractivity contribution in [2.24, 2.45) is 0 Å². The summed E-state index contributed by atoms with van der Waals surface area (Å²) in [5.74, 6) is -0.964. The van der Waals surface area contributed by atoms with Gasteiger partial charge < -0.3 is 14.2 Å². The zero-order valence-corrected chi connectivity index (χ0v) is 33.5. The van der Waals surface area contributed by atoms with Crippen molar-refractivity contribution in [3.05, 3.63) is 72.9 Å². The largest absolute Gasteiger partial charge is 0.462 e. The number of hydrogen-bond acceptors (Lipinski definition) is 6. The normalized spacial score (nSPS) is 12.8. The molecule has 52 heavy (non-hydrogen) atoms. The van der Waals surface area contributed by atoms with Gasteiger partial charge in [-0.1, -0.05) is 177 Å². The third-order valence-corrected chi connectivity index (χ3v) is 8.57. The highest BCUT2D eigenvalue weighted by atomic mass is 16.6. The number of carbonyl (C=O) groups is 3. The molecule has 0 aliphatic heterocycles. The molecule has 0 bridgehead atoms. The van der Waals surface area contributed by atoms with Crippen LogP contribution in [0.3, 0.4) is 0 Å². The number of allylic oxidation sites excluding steroid dienone is 12. The Balaban J connectivity index is 4.47. The van der Waals surface area contributed by atoms with Crippen LogP contribution in [0.2, 0.25) is 0 Å². The summed E-state index contributed by atoms with van der Waals surface area (Å²) in [6, 6.07) is 0. The topological polar surface area (TPSA) is 78.9 Å². The third kappa shape index (κ3) is 38.1. The van der Waals surface area contributed by atoms with Crippen LogP contribution in [0.15, 0.2) is 72.9 Å². The molecule has 1 unspecified atom stereocenters. The second kappa shape index (κ2) is 40.6. The number of rotatable bonds is 36. The summed E-state index contributed by atoms with van der Waals surface area (Å²) in [5.41, 5.74) is 0. The molecular formula is C46H76O6. The van der Waals surface area contributed by atoms with Crippen molar-refractivity contribution in [3.63, 3.8) is 0 Å². The van der Waals surface area contributed by atoms with E-state index in [-0.39, 0.29) is 31.1 Å². The lowest BCUT2D eigenvalue weighted by molar-refractivity contribution is -0.167. The van der Waals surface area contributed by atoms with E-state index in [0.29, 0.717) is 19.3 Å². The van der Waals surface area contributed by atoms with E-state index in [4.69, 9.17) is 14.2 Å². The maximum Gasteiger partial charge on any atom is 0.306 e. The van der Waals surface area contributed by atoms with Crippen LogP contribution >= 0.6 is 0 Å². The molecule has 0 radical (unpaired) electrons. The summed E-state index contributed by atoms with van der Waals surface area (Å²) in [7, 11) is 0. The van der Waals surface area contributed by atoms with Gasteiger partial charge in [-0.15, -0.1) is 0 Å². The van der Waals surface area contributed by atoms with E-state index in [1.807, 2.05) is 48.6 Å². The summed E-state index contributed by atoms with van der Waals surface area (Å²) in [5, 5.41) is 0. The number of unbranched alkanes of at least 4 members (excludes halogenated alkanes) is 17. The van der Waals surface area contributed by atoms with Crippen molar-refractivity contribution in [1.82, 2.24) is 0 Å². The van der Waals surface area contributed by atoms with Crippen LogP contribution in [0.4, 0.5) is 0 Å². The molecule has 0 aromatic heterocycles. The van der Waals surface area contributed by atoms with E-state index in [9.17, 15) is 14.4 Å². The van der Waals surface area contributed by atoms with Crippen LogP contribution in [-0.2, 0) is 28.6 Å². The first kappa shape index (κ1) is 48.9. The van der Waals surface area contributed by atoms with Crippen molar-refractivity contribution < 1.29 is 28.6 Å². The maximum atomic E-state index is 12.6. The number of carbonyl (C=O) groups excluding carboxylic acids is 3. The molecular weight excluding hydrogens is 648 g/mol. The molecule has 6 heteroatoms. The van der Waals surface area contributed by atoms with Crippen molar-refractivity contribution in [2.45, 2.75) is 187 Å². The van der Waals surface area contributed by atoms with Crippen LogP contribution < -0.4 is 0 Å². The van der Waals surface area contributed by atoms with Gasteiger partial charge in [0.05, 0.1) is 0 Å². The Morgan fingerprint density at radius 1 is 0.404 bits per heavy atom. The molecule has 0 heterocycles. The first-order chi connectivity index (χ1) is 25.5. The predicted molar refractivity (Wildman–Crippen MR) is 219 cm³/mol. The average molecular weight is 725 g/mol. The summed E-state index contributed by atoms with van der Waals surface area (Å²) in [6.45, 7) is 6.35. The van der Waals surface area contributed by atoms with Crippen molar-refractivity contribution in [3.8, 4) is 0 Å². The summed E-state index contributed by atoms with van der Waals surface area (Å²) in [4.78, 5) is 37.5. The fourth-order valence-corrected chi connectivity index (χ4v) is 5.38. The van der Waals surface area contributed by atoms with E-state index in [1.165, 1.54) is 51.4 Å². The van der Waals surface area contributed by atoms with Crippen LogP contribution in [0, 0.1) is 0 Å². The fraction of sp³-hybridized carbons (Fsp3) is 0.674. The molecule has 6 nitrogen and oxygen atoms in total. The summed E-state index contributed by atoms with van der Waals surface area (Å²) in [6.07, 6.45) is 48.9. The van der Waals surface area contributed by atoms with E-state index in [2.05, 4.69) is 45.1 Å². The Kier molecular flexibility index (Phi) is 38.2. The molecule has 0 spiro atoms. The number of esters is 3. The van der Waals surface area contributed by atoms with Gasteiger partial charge >= 0.3 is 17.9 Å². The van der Waals surface area contributed by atoms with Crippen molar-refractivity contribution in [1.29, 1.82) is 0 Å². The molecule has 0 amide bonds. The van der Waals surface area contributed by atoms with Crippen LogP contribution in [0.5, 0.6) is 0 Å². The van der Waals surface area contributed by atoms with Crippen LogP contribution in [0.1, 0.15) is 181 Å². The lowest BCUT2D eigenvalue weighted by Gasteiger charge is -2.18. The first-order valence-electron chi connectivity index (χ1n) is 21.0. The minimum Gasteiger partial charge on any atom is -0.462 e. The molecule has 0 fully saturated rings. The quantitative estimate of drug-likeness (QED) is 0.0210. The van der Waals surface area contributed by atoms with Gasteiger partial charge in [0.1, 0.15) is 13.2 Å². The number of ether oxygens (including phenoxy) is 3. The standard InChI is InChI=1S/C46H76O6/c1-4-7-10-13-16-19-21-22-23-24-25-28-30-33-36-39-45(48)51-42-43(41-50-44(47)38-35-32-29-26-18-15-12-9-6-3)52-46(49)40-37-34-31-27-20-17-14-11-8-5-2/h7,10,13-14,16-17,19,21-25,43H,4-6,8-9,11-12,15,18,20,26-42H2,1-3H3/b10-7-,16-13-,17-14-,21-19-,23-22-,25-24-. The highest BCUT2D eigenvalue weighted by Gasteiger charge is 2.19. The molecule has 0 aromatic carbocycles. The summed E-state index contributed by atoms with van der Waals surface area (Å²) >= 11 is 0. The van der Waals surface area contributed by atoms with Gasteiger partial charge in [-0.3, -0.25) is 14.4 Å². The zero-order valence-electron chi connectivity index (χ0n) is 33.5. The fourth-order valence-electron chi connectivity index (χ4n) is 5.38. The van der Waals surface area contributed by atoms with Gasteiger partial charge in [0.15, 0.2) is 6.10 Å². The van der Waals surface area contributed by atoms with Gasteiger partial charge in [-0.05, 0) is 57.8 Å². The summed E-state index contributed by atoms with van der Waals surface area (Å²) < 4.78 is 16.6. The van der Waals surface area contributed by atoms with Crippen molar-refractivity contribution >= 4 is 17.9 Å². The Labute approximate surface area is 319 Å². The zero-order chi connectivity index (χ0) is 38.0. The molecule has 0 saturated carbocycles. The highest BCUT2D eigenvalue weighted by Crippen LogP contribution is 2.13. The number of hydrogen-bond donors (Lipinski definition) is 0. The molecule has 0 aromatic rings. The van der Waals surface area contributed by atoms with Crippen molar-refractivity contribution in [2.75, 3.05) is 13.2 Å². The van der Waals surface area contributed by atoms with Crippen LogP contribution in [-0.4, -0.2) is 37.2 Å². The van der Waals surface area contributed by atoms with E-state index in [1.54, 1.807) is 0 Å². The molecule has 1 atom stereocenters. The van der Waals surface area contributed by atoms with Gasteiger partial charge in [-0.2, -0.15) is 0 Å². The first-order valence-corrected chi connectivity index (χ1v) is 21.0. The monoisotopic (exact) mass is 725 g/mol. The Morgan fingerprint density at radius 3 is 1.31 bits per heavy atom. The predicted octanol–water partition coefficient (Wildman–Crippen LogP) is 13.1. The minimum atomic E-state index is -0.793. The second-order valence-corrected chi connectivity index (χ2v) is 13.6. The van der Waals surface area contributed by atoms with Gasteiger partial charge in [0.2, 0.25) is 0 Å². The highest BCUT2D eigenvalue weighted by molar-refractivity contribution is 5.71. The van der Waals surface area contributed by atoms with E-state index < -0.39 is 6.10 Å². The maximum absolute atomic E-state index is 12.6. The SMILES string of the molecule is CC\C=C/C=C\C=C/C=C\C=C/CCCCCC(=O)OCC(COC(=O)CCCCCCCCCCC)OC(=O)CCCCCC/C=C\CCCC. The lowest BCUT2D eigenvalue weighted by atomic mass is 10.1. The van der Waals surface area contributed by atoms with Gasteiger partial charge in [0.25, 0.3) is 0 Å². The third-order valence-electron chi connectivity index (χ3n) is 8.57. The van der Waals surface area contributed by atoms with E-state index >= 15 is 0 Å². The molecule has 0 rings (SSSR count). The smallest absolute Gasteiger partial charge is 0.306 e. The lowest BCUT2D eigenvalue weighted by Crippen LogP contribution is -2.30. The average Bonchev–Trinajstić information content (AvgIpc) is 3.14. The van der Waals surface area contributed by atoms with Crippen LogP contribution in [0.25, 0.3) is 0 Å². The minimum absolute atomic E-state index is 0.0940. The molecule has 0 aliphatic rings. The molecule has 0 aliphatic carbocycles. The van der Waals surface area contributed by atoms with E-state index in [0.717, 1.165) is 89.9 Å². The Bertz CT molecular complexity index is 1020. The van der Waals surface area contributed by atoms with Gasteiger partial charge in [0, 0.05) is 19.3 Å². The second-order valence-electron chi connectivity index (χ2n) is 13.6. The molecule has 0 saturated heterocycles. The molecule has 296 valence electrons. The Hall–Kier alpha value is -3.15. The van der Waals surface area contributed by atoms with Gasteiger partial charge in [-0.25, -0.2) is 0 Å².